The van der Waals surface area contributed by atoms with Gasteiger partial charge in [0.2, 0.25) is 0 Å². The Kier molecular flexibility index (Phi) is 6.41. The number of aromatic nitrogens is 1. The summed E-state index contributed by atoms with van der Waals surface area (Å²) < 4.78 is 13.9. The number of aryl methyl sites for hydroxylation is 1. The summed E-state index contributed by atoms with van der Waals surface area (Å²) in [4.78, 5) is 16.6. The average molecular weight is 387 g/mol. The fourth-order valence-corrected chi connectivity index (χ4v) is 4.17. The molecule has 0 fully saturated rings. The molecule has 1 N–H and O–H groups in total. The Morgan fingerprint density at radius 1 is 1.12 bits per heavy atom. The predicted octanol–water partition coefficient (Wildman–Crippen LogP) is 4.86. The Hall–Kier alpha value is -2.18. The molecule has 1 aromatic heterocycles. The van der Waals surface area contributed by atoms with E-state index in [1.165, 1.54) is 12.1 Å². The lowest BCUT2D eigenvalue weighted by atomic mass is 10.1. The van der Waals surface area contributed by atoms with Gasteiger partial charge in [0.1, 0.15) is 10.2 Å². The molecule has 0 unspecified atom stereocenters. The third-order valence-corrected chi connectivity index (χ3v) is 6.00. The van der Waals surface area contributed by atoms with Crippen molar-refractivity contribution in [3.63, 3.8) is 0 Å². The predicted molar refractivity (Wildman–Crippen MR) is 105 cm³/mol. The summed E-state index contributed by atoms with van der Waals surface area (Å²) in [6.45, 7) is 2.51. The molecule has 2 aromatic carbocycles. The molecule has 0 saturated heterocycles. The van der Waals surface area contributed by atoms with Gasteiger partial charge >= 0.3 is 0 Å². The van der Waals surface area contributed by atoms with Crippen LogP contribution in [0.3, 0.4) is 0 Å². The number of hydrogen-bond acceptors (Lipinski definition) is 4. The molecule has 0 saturated carbocycles. The Balaban J connectivity index is 1.46. The van der Waals surface area contributed by atoms with Crippen molar-refractivity contribution in [1.82, 2.24) is 10.3 Å². The standard InChI is InChI=1S/C20H19FN2OS2/c1-14-12-25-20(23-14)26-13-16-2-6-17(7-3-16)19(24)22-11-10-15-4-8-18(21)9-5-15/h2-9,12H,10-11,13H2,1H3,(H,22,24). The summed E-state index contributed by atoms with van der Waals surface area (Å²) in [5.74, 6) is 0.488. The number of carbonyl (C=O) groups is 1. The molecule has 0 aliphatic heterocycles. The summed E-state index contributed by atoms with van der Waals surface area (Å²) in [5.41, 5.74) is 3.84. The number of amides is 1. The largest absolute Gasteiger partial charge is 0.352 e. The highest BCUT2D eigenvalue weighted by Gasteiger charge is 2.06. The molecule has 3 rings (SSSR count). The minimum absolute atomic E-state index is 0.0955. The second kappa shape index (κ2) is 8.96. The van der Waals surface area contributed by atoms with Gasteiger partial charge in [-0.2, -0.15) is 0 Å². The van der Waals surface area contributed by atoms with Crippen molar-refractivity contribution in [3.05, 3.63) is 82.1 Å². The van der Waals surface area contributed by atoms with Gasteiger partial charge in [-0.3, -0.25) is 4.79 Å². The molecule has 6 heteroatoms. The maximum atomic E-state index is 12.9. The SMILES string of the molecule is Cc1csc(SCc2ccc(C(=O)NCCc3ccc(F)cc3)cc2)n1. The van der Waals surface area contributed by atoms with E-state index in [-0.39, 0.29) is 11.7 Å². The molecule has 0 aliphatic rings. The van der Waals surface area contributed by atoms with Gasteiger partial charge in [0.25, 0.3) is 5.91 Å². The highest BCUT2D eigenvalue weighted by molar-refractivity contribution is 8.00. The topological polar surface area (TPSA) is 42.0 Å². The van der Waals surface area contributed by atoms with Crippen LogP contribution in [-0.4, -0.2) is 17.4 Å². The molecule has 0 bridgehead atoms. The quantitative estimate of drug-likeness (QED) is 0.590. The Morgan fingerprint density at radius 2 is 1.81 bits per heavy atom. The van der Waals surface area contributed by atoms with Crippen molar-refractivity contribution in [2.75, 3.05) is 6.54 Å². The van der Waals surface area contributed by atoms with Gasteiger partial charge in [0, 0.05) is 28.9 Å². The van der Waals surface area contributed by atoms with E-state index >= 15 is 0 Å². The molecule has 1 amide bonds. The minimum atomic E-state index is -0.249. The van der Waals surface area contributed by atoms with Crippen LogP contribution in [-0.2, 0) is 12.2 Å². The fraction of sp³-hybridized carbons (Fsp3) is 0.200. The van der Waals surface area contributed by atoms with Crippen molar-refractivity contribution in [1.29, 1.82) is 0 Å². The molecule has 0 atom stereocenters. The maximum Gasteiger partial charge on any atom is 0.251 e. The van der Waals surface area contributed by atoms with Crippen molar-refractivity contribution in [2.24, 2.45) is 0 Å². The molecule has 0 aliphatic carbocycles. The normalized spacial score (nSPS) is 10.7. The first-order chi connectivity index (χ1) is 12.6. The lowest BCUT2D eigenvalue weighted by Crippen LogP contribution is -2.25. The van der Waals surface area contributed by atoms with E-state index in [0.29, 0.717) is 18.5 Å². The van der Waals surface area contributed by atoms with Crippen molar-refractivity contribution >= 4 is 29.0 Å². The summed E-state index contributed by atoms with van der Waals surface area (Å²) >= 11 is 3.35. The smallest absolute Gasteiger partial charge is 0.251 e. The molecular formula is C20H19FN2OS2. The van der Waals surface area contributed by atoms with Crippen LogP contribution < -0.4 is 5.32 Å². The molecule has 134 valence electrons. The van der Waals surface area contributed by atoms with E-state index in [1.54, 1.807) is 35.2 Å². The van der Waals surface area contributed by atoms with E-state index in [0.717, 1.165) is 26.9 Å². The van der Waals surface area contributed by atoms with E-state index in [2.05, 4.69) is 10.3 Å². The molecular weight excluding hydrogens is 367 g/mol. The summed E-state index contributed by atoms with van der Waals surface area (Å²) in [6.07, 6.45) is 0.675. The van der Waals surface area contributed by atoms with E-state index < -0.39 is 0 Å². The number of halogens is 1. The van der Waals surface area contributed by atoms with Crippen LogP contribution in [0, 0.1) is 12.7 Å². The third-order valence-electron chi connectivity index (χ3n) is 3.79. The first-order valence-corrected chi connectivity index (χ1v) is 10.1. The molecule has 1 heterocycles. The highest BCUT2D eigenvalue weighted by atomic mass is 32.2. The van der Waals surface area contributed by atoms with Gasteiger partial charge in [0.05, 0.1) is 0 Å². The maximum absolute atomic E-state index is 12.9. The van der Waals surface area contributed by atoms with Crippen LogP contribution in [0.5, 0.6) is 0 Å². The van der Waals surface area contributed by atoms with Gasteiger partial charge in [0.15, 0.2) is 0 Å². The van der Waals surface area contributed by atoms with Gasteiger partial charge < -0.3 is 5.32 Å². The van der Waals surface area contributed by atoms with Crippen LogP contribution in [0.4, 0.5) is 4.39 Å². The second-order valence-electron chi connectivity index (χ2n) is 5.87. The zero-order chi connectivity index (χ0) is 18.4. The summed E-state index contributed by atoms with van der Waals surface area (Å²) in [6, 6.07) is 14.0. The van der Waals surface area contributed by atoms with Crippen molar-refractivity contribution in [3.8, 4) is 0 Å². The first-order valence-electron chi connectivity index (χ1n) is 8.27. The van der Waals surface area contributed by atoms with E-state index in [4.69, 9.17) is 0 Å². The Labute approximate surface area is 160 Å². The molecule has 3 aromatic rings. The van der Waals surface area contributed by atoms with Gasteiger partial charge in [-0.15, -0.1) is 11.3 Å². The lowest BCUT2D eigenvalue weighted by molar-refractivity contribution is 0.0954. The van der Waals surface area contributed by atoms with Gasteiger partial charge in [-0.25, -0.2) is 9.37 Å². The Morgan fingerprint density at radius 3 is 2.46 bits per heavy atom. The second-order valence-corrected chi connectivity index (χ2v) is 7.95. The number of thiazole rings is 1. The number of thioether (sulfide) groups is 1. The highest BCUT2D eigenvalue weighted by Crippen LogP contribution is 2.26. The lowest BCUT2D eigenvalue weighted by Gasteiger charge is -2.06. The van der Waals surface area contributed by atoms with Crippen LogP contribution in [0.15, 0.2) is 58.3 Å². The monoisotopic (exact) mass is 386 g/mol. The summed E-state index contributed by atoms with van der Waals surface area (Å²) in [7, 11) is 0. The minimum Gasteiger partial charge on any atom is -0.352 e. The molecule has 26 heavy (non-hydrogen) atoms. The van der Waals surface area contributed by atoms with Crippen molar-refractivity contribution < 1.29 is 9.18 Å². The fourth-order valence-electron chi connectivity index (χ4n) is 2.37. The zero-order valence-electron chi connectivity index (χ0n) is 14.4. The molecule has 0 spiro atoms. The van der Waals surface area contributed by atoms with E-state index in [1.807, 2.05) is 36.6 Å². The van der Waals surface area contributed by atoms with Crippen LogP contribution in [0.2, 0.25) is 0 Å². The number of carbonyl (C=O) groups excluding carboxylic acids is 1. The number of benzene rings is 2. The zero-order valence-corrected chi connectivity index (χ0v) is 16.0. The van der Waals surface area contributed by atoms with Gasteiger partial charge in [-0.05, 0) is 48.7 Å². The van der Waals surface area contributed by atoms with E-state index in [9.17, 15) is 9.18 Å². The molecule has 3 nitrogen and oxygen atoms in total. The number of rotatable bonds is 7. The molecule has 0 radical (unpaired) electrons. The van der Waals surface area contributed by atoms with Crippen molar-refractivity contribution in [2.45, 2.75) is 23.4 Å². The summed E-state index contributed by atoms with van der Waals surface area (Å²) in [5, 5.41) is 4.94. The third kappa shape index (κ3) is 5.41. The number of hydrogen-bond donors (Lipinski definition) is 1. The Bertz CT molecular complexity index is 860. The van der Waals surface area contributed by atoms with Crippen LogP contribution in [0.1, 0.15) is 27.2 Å². The van der Waals surface area contributed by atoms with Crippen LogP contribution >= 0.6 is 23.1 Å². The van der Waals surface area contributed by atoms with Crippen LogP contribution in [0.25, 0.3) is 0 Å². The first kappa shape index (κ1) is 18.6. The van der Waals surface area contributed by atoms with Gasteiger partial charge in [-0.1, -0.05) is 36.0 Å². The number of nitrogens with one attached hydrogen (secondary N) is 1. The average Bonchev–Trinajstić information content (AvgIpc) is 3.07. The number of nitrogens with zero attached hydrogens (tertiary/aromatic N) is 1.